The molecule has 0 atom stereocenters. The molecular weight excluding hydrogens is 594 g/mol. The predicted octanol–water partition coefficient (Wildman–Crippen LogP) is 6.17. The lowest BCUT2D eigenvalue weighted by molar-refractivity contribution is 0.0592. The van der Waals surface area contributed by atoms with Crippen LogP contribution in [0.25, 0.3) is 43.1 Å². The van der Waals surface area contributed by atoms with E-state index in [4.69, 9.17) is 0 Å². The summed E-state index contributed by atoms with van der Waals surface area (Å²) >= 11 is 0. The van der Waals surface area contributed by atoms with Gasteiger partial charge in [-0.2, -0.15) is 0 Å². The van der Waals surface area contributed by atoms with Crippen LogP contribution >= 0.6 is 0 Å². The van der Waals surface area contributed by atoms with Crippen molar-refractivity contribution in [3.63, 3.8) is 0 Å². The molecule has 0 aromatic heterocycles. The molecule has 0 aliphatic carbocycles. The van der Waals surface area contributed by atoms with Gasteiger partial charge in [0.05, 0.1) is 0 Å². The van der Waals surface area contributed by atoms with Gasteiger partial charge >= 0.3 is 0 Å². The minimum absolute atomic E-state index is 0.220. The largest absolute Gasteiger partial charge is 0.274 e. The van der Waals surface area contributed by atoms with Crippen molar-refractivity contribution in [2.75, 3.05) is 13.1 Å². The van der Waals surface area contributed by atoms with Gasteiger partial charge in [0.15, 0.2) is 0 Å². The van der Waals surface area contributed by atoms with Crippen LogP contribution in [0, 0.1) is 0 Å². The van der Waals surface area contributed by atoms with Crippen LogP contribution < -0.4 is 10.9 Å². The first-order chi connectivity index (χ1) is 23.3. The van der Waals surface area contributed by atoms with Crippen molar-refractivity contribution in [2.24, 2.45) is 0 Å². The number of amides is 4. The second kappa shape index (κ2) is 13.0. The topological polar surface area (TPSA) is 74.8 Å². The summed E-state index contributed by atoms with van der Waals surface area (Å²) in [5, 5.41) is 7.11. The molecule has 0 saturated heterocycles. The van der Waals surface area contributed by atoms with E-state index in [1.807, 2.05) is 52.1 Å². The number of carbonyl (C=O) groups excluding carboxylic acids is 4. The molecule has 6 nitrogen and oxygen atoms in total. The second-order valence-electron chi connectivity index (χ2n) is 14.1. The van der Waals surface area contributed by atoms with E-state index >= 15 is 0 Å². The van der Waals surface area contributed by atoms with Gasteiger partial charge in [-0.1, -0.05) is 113 Å². The maximum absolute atomic E-state index is 14.0. The van der Waals surface area contributed by atoms with Gasteiger partial charge in [0.25, 0.3) is 23.6 Å². The zero-order valence-electron chi connectivity index (χ0n) is 28.9. The molecule has 2 aliphatic rings. The zero-order chi connectivity index (χ0) is 33.7. The molecule has 5 aromatic carbocycles. The van der Waals surface area contributed by atoms with Crippen LogP contribution in [0.5, 0.6) is 0 Å². The fourth-order valence-corrected chi connectivity index (χ4v) is 8.48. The van der Waals surface area contributed by atoms with E-state index in [-0.39, 0.29) is 23.6 Å². The first kappa shape index (κ1) is 32.4. The fraction of sp³-hybridized carbons (Fsp3) is 0.400. The third-order valence-electron chi connectivity index (χ3n) is 10.9. The first-order valence-electron chi connectivity index (χ1n) is 18.2. The number of benzene rings is 5. The highest BCUT2D eigenvalue weighted by Crippen LogP contribution is 2.45. The molecule has 0 N–H and O–H groups in total. The summed E-state index contributed by atoms with van der Waals surface area (Å²) in [6, 6.07) is 11.7. The van der Waals surface area contributed by atoms with Crippen LogP contribution in [0.1, 0.15) is 132 Å². The molecule has 8 heteroatoms. The predicted molar refractivity (Wildman–Crippen MR) is 201 cm³/mol. The van der Waals surface area contributed by atoms with E-state index < -0.39 is 0 Å². The minimum atomic E-state index is -0.225. The number of hydrogen-bond acceptors (Lipinski definition) is 4. The summed E-state index contributed by atoms with van der Waals surface area (Å²) in [6.07, 6.45) is 13.0. The fourth-order valence-electron chi connectivity index (χ4n) is 8.48. The summed E-state index contributed by atoms with van der Waals surface area (Å²) in [7, 11) is 4.05. The number of rotatable bonds is 14. The molecule has 0 spiro atoms. The number of carbonyl (C=O) groups is 4. The van der Waals surface area contributed by atoms with Crippen LogP contribution in [-0.2, 0) is 0 Å². The normalized spacial score (nSPS) is 14.6. The van der Waals surface area contributed by atoms with Gasteiger partial charge in [0.2, 0.25) is 0 Å². The molecule has 0 radical (unpaired) electrons. The Morgan fingerprint density at radius 1 is 0.438 bits per heavy atom. The highest BCUT2D eigenvalue weighted by atomic mass is 16.2. The highest BCUT2D eigenvalue weighted by molar-refractivity contribution is 6.54. The molecule has 48 heavy (non-hydrogen) atoms. The third-order valence-corrected chi connectivity index (χ3v) is 10.9. The molecule has 0 bridgehead atoms. The molecule has 4 amide bonds. The van der Waals surface area contributed by atoms with Crippen LogP contribution in [0.2, 0.25) is 0 Å². The van der Waals surface area contributed by atoms with E-state index in [0.717, 1.165) is 92.5 Å². The first-order valence-corrected chi connectivity index (χ1v) is 18.2. The maximum atomic E-state index is 14.0. The summed E-state index contributed by atoms with van der Waals surface area (Å²) in [4.78, 5) is 58.6. The Bertz CT molecular complexity index is 1990. The molecule has 244 valence electrons. The van der Waals surface area contributed by atoms with Gasteiger partial charge in [-0.05, 0) is 57.3 Å². The minimum Gasteiger partial charge on any atom is -0.274 e. The molecule has 7 rings (SSSR count). The summed E-state index contributed by atoms with van der Waals surface area (Å²) in [5.41, 5.74) is 4.18. The lowest BCUT2D eigenvalue weighted by Gasteiger charge is -2.31. The Morgan fingerprint density at radius 2 is 0.792 bits per heavy atom. The Hall–Kier alpha value is -4.19. The second-order valence-corrected chi connectivity index (χ2v) is 14.1. The molecule has 0 fully saturated rings. The van der Waals surface area contributed by atoms with Crippen molar-refractivity contribution in [3.8, 4) is 0 Å². The molecule has 5 aromatic rings. The summed E-state index contributed by atoms with van der Waals surface area (Å²) < 4.78 is 0. The Morgan fingerprint density at radius 3 is 1.19 bits per heavy atom. The van der Waals surface area contributed by atoms with E-state index in [2.05, 4.69) is 13.8 Å². The van der Waals surface area contributed by atoms with Crippen LogP contribution in [-0.4, -0.2) is 62.2 Å². The van der Waals surface area contributed by atoms with Crippen LogP contribution in [0.15, 0.2) is 36.4 Å². The van der Waals surface area contributed by atoms with Gasteiger partial charge in [-0.3, -0.25) is 29.0 Å². The van der Waals surface area contributed by atoms with Gasteiger partial charge < -0.3 is 0 Å². The van der Waals surface area contributed by atoms with Crippen molar-refractivity contribution in [2.45, 2.75) is 90.9 Å². The van der Waals surface area contributed by atoms with Crippen molar-refractivity contribution < 1.29 is 19.2 Å². The average Bonchev–Trinajstić information content (AvgIpc) is 3.08. The Labute approximate surface area is 284 Å². The Kier molecular flexibility index (Phi) is 8.78. The molecule has 0 saturated carbocycles. The van der Waals surface area contributed by atoms with Crippen molar-refractivity contribution in [3.05, 3.63) is 58.7 Å². The van der Waals surface area contributed by atoms with Gasteiger partial charge in [-0.25, -0.2) is 0 Å². The standard InChI is InChI=1S/C40H44B2N2O4/c1-3-5-7-9-11-13-19-43-37(45)25-17-15-23-34-30(42)22-28-32-26(38(46)44(40(28)48)20-14-12-10-8-6-4-2)18-16-24(36(32)34)33-29(41)21-27(39(43)47)31(25)35(23)33/h15-18,21-22H,3-14,19-20,41-42H2,1-2H3. The quantitative estimate of drug-likeness (QED) is 0.0480. The Balaban J connectivity index is 1.33. The maximum Gasteiger partial charge on any atom is 0.261 e. The smallest absolute Gasteiger partial charge is 0.261 e. The van der Waals surface area contributed by atoms with Crippen molar-refractivity contribution in [1.82, 2.24) is 9.80 Å². The third kappa shape index (κ3) is 5.02. The molecule has 2 aliphatic heterocycles. The molecule has 2 heterocycles. The summed E-state index contributed by atoms with van der Waals surface area (Å²) in [6.45, 7) is 5.25. The number of unbranched alkanes of at least 4 members (excludes halogenated alkanes) is 10. The summed E-state index contributed by atoms with van der Waals surface area (Å²) in [5.74, 6) is -0.891. The molecule has 0 unspecified atom stereocenters. The van der Waals surface area contributed by atoms with Crippen molar-refractivity contribution in [1.29, 1.82) is 0 Å². The monoisotopic (exact) mass is 638 g/mol. The molecular formula is C40H44B2N2O4. The average molecular weight is 638 g/mol. The van der Waals surface area contributed by atoms with E-state index in [0.29, 0.717) is 35.3 Å². The van der Waals surface area contributed by atoms with E-state index in [1.54, 1.807) is 0 Å². The zero-order valence-corrected chi connectivity index (χ0v) is 28.9. The van der Waals surface area contributed by atoms with Crippen LogP contribution in [0.4, 0.5) is 0 Å². The lowest BCUT2D eigenvalue weighted by atomic mass is 9.74. The lowest BCUT2D eigenvalue weighted by Crippen LogP contribution is -2.41. The number of hydrogen-bond donors (Lipinski definition) is 0. The van der Waals surface area contributed by atoms with E-state index in [9.17, 15) is 19.2 Å². The van der Waals surface area contributed by atoms with Crippen LogP contribution in [0.3, 0.4) is 0 Å². The van der Waals surface area contributed by atoms with Gasteiger partial charge in [-0.15, -0.1) is 0 Å². The van der Waals surface area contributed by atoms with Gasteiger partial charge in [0.1, 0.15) is 15.7 Å². The SMILES string of the molecule is Bc1cc2c3c(ccc4c5c(B)cc6c7c(ccc(c1c34)c75)C(=O)N(CCCCCCCC)C6=O)C(=O)N(CCCCCCCC)C2=O. The number of imide groups is 2. The number of fused-ring (bicyclic) bond motifs is 2. The van der Waals surface area contributed by atoms with Gasteiger partial charge in [0, 0.05) is 46.1 Å². The van der Waals surface area contributed by atoms with Crippen molar-refractivity contribution >= 4 is 93.3 Å². The number of nitrogens with zero attached hydrogens (tertiary/aromatic N) is 2. The van der Waals surface area contributed by atoms with E-state index in [1.165, 1.54) is 48.3 Å². The highest BCUT2D eigenvalue weighted by Gasteiger charge is 2.37.